The summed E-state index contributed by atoms with van der Waals surface area (Å²) in [7, 11) is 0. The maximum atomic E-state index is 11.8. The topological polar surface area (TPSA) is 79.8 Å². The molecule has 8 heteroatoms. The van der Waals surface area contributed by atoms with E-state index in [1.807, 2.05) is 36.4 Å². The van der Waals surface area contributed by atoms with Gasteiger partial charge in [0.25, 0.3) is 5.91 Å². The van der Waals surface area contributed by atoms with Crippen molar-refractivity contribution in [1.29, 1.82) is 0 Å². The van der Waals surface area contributed by atoms with Gasteiger partial charge in [0.2, 0.25) is 5.91 Å². The number of benzene rings is 2. The number of hydrogen-bond acceptors (Lipinski definition) is 4. The SMILES string of the molecule is O=C(CCCOc1ccc(Cl)cc1Cl)NCC(=O)N/N=C\C=C\c1ccccc1. The summed E-state index contributed by atoms with van der Waals surface area (Å²) in [5.74, 6) is -0.152. The van der Waals surface area contributed by atoms with E-state index in [9.17, 15) is 9.59 Å². The molecule has 0 aliphatic carbocycles. The fourth-order valence-electron chi connectivity index (χ4n) is 2.18. The first-order valence-corrected chi connectivity index (χ1v) is 9.68. The molecule has 0 bridgehead atoms. The predicted octanol–water partition coefficient (Wildman–Crippen LogP) is 4.08. The number of carbonyl (C=O) groups is 2. The van der Waals surface area contributed by atoms with Gasteiger partial charge in [-0.05, 0) is 36.3 Å². The molecule has 152 valence electrons. The number of hydrazone groups is 1. The van der Waals surface area contributed by atoms with Crippen LogP contribution in [0.15, 0.2) is 59.7 Å². The van der Waals surface area contributed by atoms with Crippen LogP contribution in [-0.2, 0) is 9.59 Å². The van der Waals surface area contributed by atoms with Gasteiger partial charge in [0.05, 0.1) is 18.2 Å². The molecule has 0 aromatic heterocycles. The third kappa shape index (κ3) is 9.27. The van der Waals surface area contributed by atoms with Gasteiger partial charge in [-0.25, -0.2) is 5.43 Å². The normalized spacial score (nSPS) is 11.0. The van der Waals surface area contributed by atoms with Gasteiger partial charge in [-0.3, -0.25) is 9.59 Å². The molecular weight excluding hydrogens is 413 g/mol. The molecule has 0 saturated carbocycles. The zero-order valence-corrected chi connectivity index (χ0v) is 17.1. The summed E-state index contributed by atoms with van der Waals surface area (Å²) in [4.78, 5) is 23.4. The molecule has 0 radical (unpaired) electrons. The second-order valence-corrected chi connectivity index (χ2v) is 6.73. The monoisotopic (exact) mass is 433 g/mol. The van der Waals surface area contributed by atoms with Crippen molar-refractivity contribution in [2.45, 2.75) is 12.8 Å². The summed E-state index contributed by atoms with van der Waals surface area (Å²) in [6.45, 7) is 0.168. The van der Waals surface area contributed by atoms with Gasteiger partial charge in [0.15, 0.2) is 0 Å². The van der Waals surface area contributed by atoms with Crippen molar-refractivity contribution in [2.75, 3.05) is 13.2 Å². The number of carbonyl (C=O) groups excluding carboxylic acids is 2. The van der Waals surface area contributed by atoms with Crippen LogP contribution in [0.2, 0.25) is 10.0 Å². The minimum absolute atomic E-state index is 0.150. The molecule has 0 saturated heterocycles. The zero-order valence-electron chi connectivity index (χ0n) is 15.6. The molecule has 0 spiro atoms. The number of nitrogens with one attached hydrogen (secondary N) is 2. The van der Waals surface area contributed by atoms with Crippen molar-refractivity contribution in [3.63, 3.8) is 0 Å². The van der Waals surface area contributed by atoms with Crippen molar-refractivity contribution < 1.29 is 14.3 Å². The smallest absolute Gasteiger partial charge is 0.259 e. The molecule has 2 rings (SSSR count). The van der Waals surface area contributed by atoms with Gasteiger partial charge in [0.1, 0.15) is 5.75 Å². The van der Waals surface area contributed by atoms with Crippen LogP contribution in [0.3, 0.4) is 0 Å². The van der Waals surface area contributed by atoms with E-state index in [1.165, 1.54) is 6.21 Å². The number of nitrogens with zero attached hydrogens (tertiary/aromatic N) is 1. The van der Waals surface area contributed by atoms with Crippen LogP contribution >= 0.6 is 23.2 Å². The van der Waals surface area contributed by atoms with Gasteiger partial charge in [0, 0.05) is 17.7 Å². The Hall–Kier alpha value is -2.83. The zero-order chi connectivity index (χ0) is 20.9. The first-order chi connectivity index (χ1) is 14.0. The van der Waals surface area contributed by atoms with Gasteiger partial charge in [-0.15, -0.1) is 0 Å². The van der Waals surface area contributed by atoms with E-state index in [1.54, 1.807) is 24.3 Å². The van der Waals surface area contributed by atoms with Crippen LogP contribution < -0.4 is 15.5 Å². The Morgan fingerprint density at radius 3 is 2.62 bits per heavy atom. The van der Waals surface area contributed by atoms with E-state index >= 15 is 0 Å². The first kappa shape index (κ1) is 22.5. The lowest BCUT2D eigenvalue weighted by Crippen LogP contribution is -2.34. The first-order valence-electron chi connectivity index (χ1n) is 8.93. The lowest BCUT2D eigenvalue weighted by Gasteiger charge is -2.08. The molecule has 2 amide bonds. The van der Waals surface area contributed by atoms with Crippen LogP contribution in [-0.4, -0.2) is 31.2 Å². The van der Waals surface area contributed by atoms with Crippen LogP contribution in [0, 0.1) is 0 Å². The minimum atomic E-state index is -0.410. The minimum Gasteiger partial charge on any atom is -0.492 e. The van der Waals surface area contributed by atoms with Gasteiger partial charge in [-0.2, -0.15) is 5.10 Å². The average Bonchev–Trinajstić information content (AvgIpc) is 2.71. The lowest BCUT2D eigenvalue weighted by atomic mass is 10.2. The van der Waals surface area contributed by atoms with Gasteiger partial charge < -0.3 is 10.1 Å². The number of amides is 2. The highest BCUT2D eigenvalue weighted by molar-refractivity contribution is 6.35. The van der Waals surface area contributed by atoms with Crippen molar-refractivity contribution >= 4 is 47.3 Å². The Morgan fingerprint density at radius 1 is 1.07 bits per heavy atom. The molecule has 0 aliphatic rings. The van der Waals surface area contributed by atoms with Gasteiger partial charge in [-0.1, -0.05) is 59.6 Å². The largest absolute Gasteiger partial charge is 0.492 e. The summed E-state index contributed by atoms with van der Waals surface area (Å²) in [5, 5.41) is 7.25. The molecule has 0 unspecified atom stereocenters. The fourth-order valence-corrected chi connectivity index (χ4v) is 2.65. The molecule has 29 heavy (non-hydrogen) atoms. The van der Waals surface area contributed by atoms with E-state index in [-0.39, 0.29) is 18.9 Å². The molecule has 2 N–H and O–H groups in total. The van der Waals surface area contributed by atoms with E-state index in [4.69, 9.17) is 27.9 Å². The summed E-state index contributed by atoms with van der Waals surface area (Å²) in [5.41, 5.74) is 3.37. The number of ether oxygens (including phenoxy) is 1. The summed E-state index contributed by atoms with van der Waals surface area (Å²) in [6.07, 6.45) is 5.74. The Kier molecular flexibility index (Phi) is 9.75. The molecule has 0 aliphatic heterocycles. The maximum absolute atomic E-state index is 11.8. The Bertz CT molecular complexity index is 871. The van der Waals surface area contributed by atoms with E-state index in [0.717, 1.165) is 5.56 Å². The number of rotatable bonds is 10. The molecule has 6 nitrogen and oxygen atoms in total. The van der Waals surface area contributed by atoms with Crippen molar-refractivity contribution in [3.05, 3.63) is 70.2 Å². The standard InChI is InChI=1S/C21H21Cl2N3O3/c22-17-10-11-19(18(23)14-17)29-13-5-9-20(27)24-15-21(28)26-25-12-4-8-16-6-2-1-3-7-16/h1-4,6-8,10-12,14H,5,9,13,15H2,(H,24,27)(H,26,28)/b8-4+,25-12-. The second-order valence-electron chi connectivity index (χ2n) is 5.89. The fraction of sp³-hybridized carbons (Fsp3) is 0.190. The van der Waals surface area contributed by atoms with E-state index < -0.39 is 5.91 Å². The maximum Gasteiger partial charge on any atom is 0.259 e. The Labute approximate surface area is 179 Å². The number of hydrogen-bond donors (Lipinski definition) is 2. The quantitative estimate of drug-likeness (QED) is 0.336. The van der Waals surface area contributed by atoms with E-state index in [0.29, 0.717) is 28.8 Å². The average molecular weight is 434 g/mol. The summed E-state index contributed by atoms with van der Waals surface area (Å²) in [6, 6.07) is 14.6. The molecule has 0 fully saturated rings. The van der Waals surface area contributed by atoms with Crippen molar-refractivity contribution in [2.24, 2.45) is 5.10 Å². The summed E-state index contributed by atoms with van der Waals surface area (Å²) < 4.78 is 5.50. The van der Waals surface area contributed by atoms with Crippen molar-refractivity contribution in [1.82, 2.24) is 10.7 Å². The Morgan fingerprint density at radius 2 is 1.86 bits per heavy atom. The van der Waals surface area contributed by atoms with Crippen molar-refractivity contribution in [3.8, 4) is 5.75 Å². The number of halogens is 2. The molecule has 2 aromatic carbocycles. The van der Waals surface area contributed by atoms with Gasteiger partial charge >= 0.3 is 0 Å². The third-order valence-corrected chi connectivity index (χ3v) is 4.11. The highest BCUT2D eigenvalue weighted by Gasteiger charge is 2.06. The van der Waals surface area contributed by atoms with Crippen LogP contribution in [0.4, 0.5) is 0 Å². The molecular formula is C21H21Cl2N3O3. The lowest BCUT2D eigenvalue weighted by molar-refractivity contribution is -0.126. The second kappa shape index (κ2) is 12.6. The van der Waals surface area contributed by atoms with E-state index in [2.05, 4.69) is 15.8 Å². The van der Waals surface area contributed by atoms with Crippen LogP contribution in [0.1, 0.15) is 18.4 Å². The Balaban J connectivity index is 1.56. The molecule has 0 atom stereocenters. The third-order valence-electron chi connectivity index (χ3n) is 3.58. The predicted molar refractivity (Wildman–Crippen MR) is 116 cm³/mol. The molecule has 2 aromatic rings. The summed E-state index contributed by atoms with van der Waals surface area (Å²) >= 11 is 11.8. The highest BCUT2D eigenvalue weighted by Crippen LogP contribution is 2.27. The molecule has 0 heterocycles. The van der Waals surface area contributed by atoms with Crippen LogP contribution in [0.5, 0.6) is 5.75 Å². The highest BCUT2D eigenvalue weighted by atomic mass is 35.5. The number of allylic oxidation sites excluding steroid dienone is 1. The van der Waals surface area contributed by atoms with Crippen LogP contribution in [0.25, 0.3) is 6.08 Å².